The van der Waals surface area contributed by atoms with Crippen molar-refractivity contribution in [3.8, 4) is 0 Å². The number of carbonyl (C=O) groups is 2. The summed E-state index contributed by atoms with van der Waals surface area (Å²) in [5.41, 5.74) is 5.86. The van der Waals surface area contributed by atoms with E-state index < -0.39 is 17.4 Å². The summed E-state index contributed by atoms with van der Waals surface area (Å²) < 4.78 is 0. The maximum Gasteiger partial charge on any atom is 0.305 e. The van der Waals surface area contributed by atoms with Crippen molar-refractivity contribution in [1.82, 2.24) is 4.98 Å². The second kappa shape index (κ2) is 4.87. The molecule has 1 aromatic heterocycles. The normalized spacial score (nSPS) is 16.5. The minimum Gasteiger partial charge on any atom is -0.481 e. The molecule has 1 heterocycles. The van der Waals surface area contributed by atoms with Gasteiger partial charge in [0, 0.05) is 16.8 Å². The van der Waals surface area contributed by atoms with E-state index in [-0.39, 0.29) is 6.42 Å². The molecule has 1 aliphatic carbocycles. The summed E-state index contributed by atoms with van der Waals surface area (Å²) in [5.74, 6) is -0.848. The number of pyridine rings is 1. The largest absolute Gasteiger partial charge is 0.481 e. The van der Waals surface area contributed by atoms with Crippen molar-refractivity contribution in [3.63, 3.8) is 0 Å². The number of aliphatic carboxylic acids is 1. The first-order valence-corrected chi connectivity index (χ1v) is 6.19. The highest BCUT2D eigenvalue weighted by atomic mass is 16.4. The molecule has 0 aromatic carbocycles. The lowest BCUT2D eigenvalue weighted by molar-refractivity contribution is -0.138. The van der Waals surface area contributed by atoms with E-state index in [4.69, 9.17) is 10.8 Å². The van der Waals surface area contributed by atoms with Crippen molar-refractivity contribution in [3.05, 3.63) is 23.4 Å². The van der Waals surface area contributed by atoms with Crippen LogP contribution in [0.4, 0.5) is 5.82 Å². The molecular formula is C13H17N3O3. The maximum absolute atomic E-state index is 11.2. The van der Waals surface area contributed by atoms with Crippen molar-refractivity contribution in [2.24, 2.45) is 5.73 Å². The molecule has 102 valence electrons. The van der Waals surface area contributed by atoms with Crippen molar-refractivity contribution in [2.75, 3.05) is 5.32 Å². The van der Waals surface area contributed by atoms with Crippen LogP contribution in [0.25, 0.3) is 0 Å². The molecule has 0 bridgehead atoms. The summed E-state index contributed by atoms with van der Waals surface area (Å²) in [6.07, 6.45) is 2.63. The van der Waals surface area contributed by atoms with Gasteiger partial charge in [0.2, 0.25) is 5.91 Å². The third kappa shape index (κ3) is 3.01. The first-order chi connectivity index (χ1) is 8.90. The molecule has 0 spiro atoms. The molecule has 6 heteroatoms. The average molecular weight is 263 g/mol. The topological polar surface area (TPSA) is 105 Å². The van der Waals surface area contributed by atoms with Gasteiger partial charge >= 0.3 is 5.97 Å². The molecule has 1 amide bonds. The average Bonchev–Trinajstić information content (AvgIpc) is 2.24. The second-order valence-electron chi connectivity index (χ2n) is 5.08. The number of hydrogen-bond donors (Lipinski definition) is 3. The number of carboxylic acids is 1. The van der Waals surface area contributed by atoms with Gasteiger partial charge in [-0.15, -0.1) is 0 Å². The Morgan fingerprint density at radius 3 is 2.63 bits per heavy atom. The molecule has 0 saturated heterocycles. The SMILES string of the molecule is Cc1cc(C(N)=O)cc(NC2(CC(=O)O)CCC2)n1. The summed E-state index contributed by atoms with van der Waals surface area (Å²) >= 11 is 0. The van der Waals surface area contributed by atoms with Gasteiger partial charge in [0.05, 0.1) is 6.42 Å². The van der Waals surface area contributed by atoms with Gasteiger partial charge in [-0.1, -0.05) is 0 Å². The van der Waals surface area contributed by atoms with Gasteiger partial charge in [0.25, 0.3) is 0 Å². The van der Waals surface area contributed by atoms with Crippen LogP contribution in [0.5, 0.6) is 0 Å². The Morgan fingerprint density at radius 2 is 2.16 bits per heavy atom. The number of nitrogens with one attached hydrogen (secondary N) is 1. The zero-order valence-electron chi connectivity index (χ0n) is 10.8. The number of carboxylic acid groups (broad SMARTS) is 1. The van der Waals surface area contributed by atoms with Crippen molar-refractivity contribution >= 4 is 17.7 Å². The van der Waals surface area contributed by atoms with Crippen LogP contribution in [-0.4, -0.2) is 27.5 Å². The Balaban J connectivity index is 2.22. The number of aromatic nitrogens is 1. The highest BCUT2D eigenvalue weighted by Gasteiger charge is 2.39. The molecule has 1 saturated carbocycles. The van der Waals surface area contributed by atoms with Gasteiger partial charge in [-0.3, -0.25) is 9.59 Å². The predicted octanol–water partition coefficient (Wildman–Crippen LogP) is 1.30. The molecular weight excluding hydrogens is 246 g/mol. The number of hydrogen-bond acceptors (Lipinski definition) is 4. The maximum atomic E-state index is 11.2. The van der Waals surface area contributed by atoms with Gasteiger partial charge in [0.1, 0.15) is 5.82 Å². The van der Waals surface area contributed by atoms with E-state index in [0.717, 1.165) is 19.3 Å². The highest BCUT2D eigenvalue weighted by Crippen LogP contribution is 2.37. The van der Waals surface area contributed by atoms with Crippen LogP contribution in [0.3, 0.4) is 0 Å². The van der Waals surface area contributed by atoms with Crippen LogP contribution in [0, 0.1) is 6.92 Å². The molecule has 4 N–H and O–H groups in total. The number of anilines is 1. The number of rotatable bonds is 5. The summed E-state index contributed by atoms with van der Waals surface area (Å²) in [6.45, 7) is 1.77. The van der Waals surface area contributed by atoms with Crippen LogP contribution in [0.2, 0.25) is 0 Å². The fraction of sp³-hybridized carbons (Fsp3) is 0.462. The lowest BCUT2D eigenvalue weighted by Gasteiger charge is -2.42. The van der Waals surface area contributed by atoms with Crippen molar-refractivity contribution in [2.45, 2.75) is 38.1 Å². The quantitative estimate of drug-likeness (QED) is 0.742. The van der Waals surface area contributed by atoms with E-state index in [1.165, 1.54) is 0 Å². The van der Waals surface area contributed by atoms with E-state index in [2.05, 4.69) is 10.3 Å². The minimum absolute atomic E-state index is 0.0501. The number of carbonyl (C=O) groups excluding carboxylic acids is 1. The Morgan fingerprint density at radius 1 is 1.47 bits per heavy atom. The Labute approximate surface area is 111 Å². The second-order valence-corrected chi connectivity index (χ2v) is 5.08. The number of nitrogens with two attached hydrogens (primary N) is 1. The first-order valence-electron chi connectivity index (χ1n) is 6.19. The standard InChI is InChI=1S/C13H17N3O3/c1-8-5-9(12(14)19)6-10(15-8)16-13(3-2-4-13)7-11(17)18/h5-6H,2-4,7H2,1H3,(H2,14,19)(H,15,16)(H,17,18). The van der Waals surface area contributed by atoms with Gasteiger partial charge in [-0.25, -0.2) is 4.98 Å². The van der Waals surface area contributed by atoms with E-state index in [0.29, 0.717) is 17.1 Å². The molecule has 0 atom stereocenters. The van der Waals surface area contributed by atoms with Gasteiger partial charge in [0.15, 0.2) is 0 Å². The van der Waals surface area contributed by atoms with E-state index >= 15 is 0 Å². The fourth-order valence-electron chi connectivity index (χ4n) is 2.39. The smallest absolute Gasteiger partial charge is 0.305 e. The lowest BCUT2D eigenvalue weighted by atomic mass is 9.74. The van der Waals surface area contributed by atoms with E-state index in [1.807, 2.05) is 0 Å². The minimum atomic E-state index is -0.838. The van der Waals surface area contributed by atoms with Gasteiger partial charge < -0.3 is 16.2 Å². The highest BCUT2D eigenvalue weighted by molar-refractivity contribution is 5.93. The van der Waals surface area contributed by atoms with Crippen LogP contribution >= 0.6 is 0 Å². The van der Waals surface area contributed by atoms with Gasteiger partial charge in [-0.2, -0.15) is 0 Å². The fourth-order valence-corrected chi connectivity index (χ4v) is 2.39. The zero-order valence-corrected chi connectivity index (χ0v) is 10.8. The molecule has 1 fully saturated rings. The zero-order chi connectivity index (χ0) is 14.0. The Kier molecular flexibility index (Phi) is 3.42. The summed E-state index contributed by atoms with van der Waals surface area (Å²) in [7, 11) is 0. The Bertz CT molecular complexity index is 524. The molecule has 1 aromatic rings. The van der Waals surface area contributed by atoms with Gasteiger partial charge in [-0.05, 0) is 38.3 Å². The number of aryl methyl sites for hydroxylation is 1. The van der Waals surface area contributed by atoms with Crippen LogP contribution in [0.15, 0.2) is 12.1 Å². The molecule has 2 rings (SSSR count). The molecule has 0 aliphatic heterocycles. The van der Waals surface area contributed by atoms with Crippen molar-refractivity contribution < 1.29 is 14.7 Å². The molecule has 0 radical (unpaired) electrons. The lowest BCUT2D eigenvalue weighted by Crippen LogP contribution is -2.47. The van der Waals surface area contributed by atoms with E-state index in [1.54, 1.807) is 19.1 Å². The summed E-state index contributed by atoms with van der Waals surface area (Å²) in [4.78, 5) is 26.4. The molecule has 0 unspecified atom stereocenters. The van der Waals surface area contributed by atoms with Crippen LogP contribution in [0.1, 0.15) is 41.7 Å². The Hall–Kier alpha value is -2.11. The van der Waals surface area contributed by atoms with Crippen molar-refractivity contribution in [1.29, 1.82) is 0 Å². The number of amides is 1. The van der Waals surface area contributed by atoms with E-state index in [9.17, 15) is 9.59 Å². The third-order valence-electron chi connectivity index (χ3n) is 3.43. The first kappa shape index (κ1) is 13.3. The summed E-state index contributed by atoms with van der Waals surface area (Å²) in [6, 6.07) is 3.18. The molecule has 19 heavy (non-hydrogen) atoms. The molecule has 6 nitrogen and oxygen atoms in total. The van der Waals surface area contributed by atoms with Crippen LogP contribution < -0.4 is 11.1 Å². The monoisotopic (exact) mass is 263 g/mol. The summed E-state index contributed by atoms with van der Waals surface area (Å²) in [5, 5.41) is 12.1. The predicted molar refractivity (Wildman–Crippen MR) is 69.9 cm³/mol. The third-order valence-corrected chi connectivity index (χ3v) is 3.43. The number of primary amides is 1. The number of nitrogens with zero attached hydrogens (tertiary/aromatic N) is 1. The molecule has 1 aliphatic rings. The van der Waals surface area contributed by atoms with Crippen LogP contribution in [-0.2, 0) is 4.79 Å².